The average molecular weight is 477 g/mol. The molecule has 5 rings (SSSR count). The van der Waals surface area contributed by atoms with Gasteiger partial charge in [-0.1, -0.05) is 6.07 Å². The molecule has 3 heterocycles. The molecule has 1 fully saturated rings. The number of piperidine rings is 1. The minimum absolute atomic E-state index is 0.0850. The van der Waals surface area contributed by atoms with Crippen molar-refractivity contribution >= 4 is 11.9 Å². The Kier molecular flexibility index (Phi) is 6.53. The standard InChI is InChI=1S/C27H29FN4O3/c1-18-15-21(9-10-23(18)28)35-25-22-17-32(26(33)19-7-6-8-20(16-19)34-2)14-11-24(22)29-27(30-25)31-12-4-3-5-13-31/h6-10,15-16H,3-5,11-14,17H2,1-2H3. The van der Waals surface area contributed by atoms with E-state index in [0.717, 1.165) is 37.2 Å². The van der Waals surface area contributed by atoms with Crippen molar-refractivity contribution < 1.29 is 18.7 Å². The number of nitrogens with zero attached hydrogens (tertiary/aromatic N) is 4. The number of hydrogen-bond acceptors (Lipinski definition) is 6. The topological polar surface area (TPSA) is 67.8 Å². The molecule has 8 heteroatoms. The SMILES string of the molecule is COc1cccc(C(=O)N2CCc3nc(N4CCCCC4)nc(Oc4ccc(F)c(C)c4)c3C2)c1. The van der Waals surface area contributed by atoms with Crippen molar-refractivity contribution in [2.45, 2.75) is 39.2 Å². The van der Waals surface area contributed by atoms with Crippen LogP contribution in [0.15, 0.2) is 42.5 Å². The summed E-state index contributed by atoms with van der Waals surface area (Å²) in [7, 11) is 1.58. The van der Waals surface area contributed by atoms with Crippen LogP contribution in [-0.4, -0.2) is 47.5 Å². The van der Waals surface area contributed by atoms with Crippen LogP contribution in [0.3, 0.4) is 0 Å². The van der Waals surface area contributed by atoms with E-state index in [4.69, 9.17) is 19.4 Å². The first-order valence-electron chi connectivity index (χ1n) is 12.0. The maximum atomic E-state index is 13.8. The van der Waals surface area contributed by atoms with Gasteiger partial charge in [0.05, 0.1) is 24.9 Å². The number of anilines is 1. The maximum absolute atomic E-state index is 13.8. The molecule has 2 aliphatic heterocycles. The van der Waals surface area contributed by atoms with Gasteiger partial charge in [0, 0.05) is 31.6 Å². The van der Waals surface area contributed by atoms with Crippen molar-refractivity contribution in [2.75, 3.05) is 31.6 Å². The molecule has 0 radical (unpaired) electrons. The number of ether oxygens (including phenoxy) is 2. The summed E-state index contributed by atoms with van der Waals surface area (Å²) in [6, 6.07) is 11.8. The first kappa shape index (κ1) is 23.1. The molecule has 0 N–H and O–H groups in total. The summed E-state index contributed by atoms with van der Waals surface area (Å²) in [6.07, 6.45) is 4.03. The zero-order valence-corrected chi connectivity index (χ0v) is 20.1. The predicted molar refractivity (Wildman–Crippen MR) is 131 cm³/mol. The fourth-order valence-electron chi connectivity index (χ4n) is 4.60. The Labute approximate surface area is 204 Å². The number of carbonyl (C=O) groups excluding carboxylic acids is 1. The Morgan fingerprint density at radius 3 is 2.60 bits per heavy atom. The van der Waals surface area contributed by atoms with Crippen molar-refractivity contribution in [1.82, 2.24) is 14.9 Å². The van der Waals surface area contributed by atoms with E-state index in [1.54, 1.807) is 43.2 Å². The van der Waals surface area contributed by atoms with Gasteiger partial charge in [0.25, 0.3) is 5.91 Å². The minimum atomic E-state index is -0.286. The molecule has 1 aromatic heterocycles. The lowest BCUT2D eigenvalue weighted by Gasteiger charge is -2.32. The molecule has 0 unspecified atom stereocenters. The van der Waals surface area contributed by atoms with E-state index in [2.05, 4.69) is 4.90 Å². The van der Waals surface area contributed by atoms with Crippen molar-refractivity contribution in [1.29, 1.82) is 0 Å². The first-order chi connectivity index (χ1) is 17.0. The molecule has 1 amide bonds. The largest absolute Gasteiger partial charge is 0.497 e. The van der Waals surface area contributed by atoms with Crippen LogP contribution < -0.4 is 14.4 Å². The highest BCUT2D eigenvalue weighted by Gasteiger charge is 2.29. The van der Waals surface area contributed by atoms with E-state index in [9.17, 15) is 9.18 Å². The third-order valence-corrected chi connectivity index (χ3v) is 6.60. The molecule has 2 aromatic carbocycles. The molecule has 1 saturated heterocycles. The van der Waals surface area contributed by atoms with Crippen molar-refractivity contribution in [3.8, 4) is 17.4 Å². The van der Waals surface area contributed by atoms with Crippen LogP contribution in [0.1, 0.15) is 46.4 Å². The fourth-order valence-corrected chi connectivity index (χ4v) is 4.60. The van der Waals surface area contributed by atoms with E-state index in [0.29, 0.717) is 54.0 Å². The molecule has 2 aliphatic rings. The van der Waals surface area contributed by atoms with Gasteiger partial charge in [-0.15, -0.1) is 0 Å². The normalized spacial score (nSPS) is 15.5. The van der Waals surface area contributed by atoms with Gasteiger partial charge in [-0.05, 0) is 68.1 Å². The third-order valence-electron chi connectivity index (χ3n) is 6.60. The Bertz CT molecular complexity index is 1240. The van der Waals surface area contributed by atoms with Gasteiger partial charge in [0.1, 0.15) is 17.3 Å². The summed E-state index contributed by atoms with van der Waals surface area (Å²) in [5.41, 5.74) is 2.74. The summed E-state index contributed by atoms with van der Waals surface area (Å²) >= 11 is 0. The number of amides is 1. The molecule has 0 atom stereocenters. The van der Waals surface area contributed by atoms with Crippen LogP contribution in [0.5, 0.6) is 17.4 Å². The summed E-state index contributed by atoms with van der Waals surface area (Å²) in [6.45, 7) is 4.41. The minimum Gasteiger partial charge on any atom is -0.497 e. The molecule has 182 valence electrons. The van der Waals surface area contributed by atoms with E-state index in [-0.39, 0.29) is 11.7 Å². The van der Waals surface area contributed by atoms with Crippen LogP contribution >= 0.6 is 0 Å². The molecule has 0 saturated carbocycles. The van der Waals surface area contributed by atoms with Gasteiger partial charge in [0.2, 0.25) is 11.8 Å². The molecule has 35 heavy (non-hydrogen) atoms. The van der Waals surface area contributed by atoms with Crippen LogP contribution in [0, 0.1) is 12.7 Å². The Morgan fingerprint density at radius 2 is 1.83 bits per heavy atom. The van der Waals surface area contributed by atoms with Crippen LogP contribution in [0.25, 0.3) is 0 Å². The van der Waals surface area contributed by atoms with Crippen molar-refractivity contribution in [3.05, 3.63) is 70.7 Å². The molecule has 3 aromatic rings. The number of carbonyl (C=O) groups is 1. The zero-order valence-electron chi connectivity index (χ0n) is 20.1. The Hall–Kier alpha value is -3.68. The summed E-state index contributed by atoms with van der Waals surface area (Å²) < 4.78 is 25.3. The molecule has 0 spiro atoms. The van der Waals surface area contributed by atoms with Crippen molar-refractivity contribution in [2.24, 2.45) is 0 Å². The van der Waals surface area contributed by atoms with Gasteiger partial charge in [0.15, 0.2) is 0 Å². The average Bonchev–Trinajstić information content (AvgIpc) is 2.90. The quantitative estimate of drug-likeness (QED) is 0.521. The lowest BCUT2D eigenvalue weighted by Crippen LogP contribution is -2.37. The number of methoxy groups -OCH3 is 1. The molecular weight excluding hydrogens is 447 g/mol. The Morgan fingerprint density at radius 1 is 1.00 bits per heavy atom. The second kappa shape index (κ2) is 9.90. The monoisotopic (exact) mass is 476 g/mol. The van der Waals surface area contributed by atoms with E-state index < -0.39 is 0 Å². The second-order valence-electron chi connectivity index (χ2n) is 9.02. The summed E-state index contributed by atoms with van der Waals surface area (Å²) in [5.74, 6) is 1.85. The summed E-state index contributed by atoms with van der Waals surface area (Å²) in [4.78, 5) is 26.9. The Balaban J connectivity index is 1.48. The molecule has 7 nitrogen and oxygen atoms in total. The number of aromatic nitrogens is 2. The zero-order chi connectivity index (χ0) is 24.4. The number of halogens is 1. The number of hydrogen-bond donors (Lipinski definition) is 0. The van der Waals surface area contributed by atoms with Gasteiger partial charge in [-0.2, -0.15) is 4.98 Å². The van der Waals surface area contributed by atoms with E-state index in [1.807, 2.05) is 12.1 Å². The number of rotatable bonds is 5. The molecule has 0 bridgehead atoms. The lowest BCUT2D eigenvalue weighted by molar-refractivity contribution is 0.0731. The number of aryl methyl sites for hydroxylation is 1. The fraction of sp³-hybridized carbons (Fsp3) is 0.370. The van der Waals surface area contributed by atoms with E-state index >= 15 is 0 Å². The van der Waals surface area contributed by atoms with E-state index in [1.165, 1.54) is 12.5 Å². The van der Waals surface area contributed by atoms with Gasteiger partial charge < -0.3 is 19.3 Å². The number of fused-ring (bicyclic) bond motifs is 1. The number of benzene rings is 2. The second-order valence-corrected chi connectivity index (χ2v) is 9.02. The van der Waals surface area contributed by atoms with Crippen molar-refractivity contribution in [3.63, 3.8) is 0 Å². The summed E-state index contributed by atoms with van der Waals surface area (Å²) in [5, 5.41) is 0. The maximum Gasteiger partial charge on any atom is 0.254 e. The molecule has 0 aliphatic carbocycles. The van der Waals surface area contributed by atoms with Crippen LogP contribution in [0.4, 0.5) is 10.3 Å². The predicted octanol–water partition coefficient (Wildman–Crippen LogP) is 4.91. The molecular formula is C27H29FN4O3. The van der Waals surface area contributed by atoms with Crippen LogP contribution in [-0.2, 0) is 13.0 Å². The third kappa shape index (κ3) is 4.92. The van der Waals surface area contributed by atoms with Gasteiger partial charge in [-0.3, -0.25) is 4.79 Å². The smallest absolute Gasteiger partial charge is 0.254 e. The highest BCUT2D eigenvalue weighted by atomic mass is 19.1. The highest BCUT2D eigenvalue weighted by Crippen LogP contribution is 2.33. The first-order valence-corrected chi connectivity index (χ1v) is 12.0. The van der Waals surface area contributed by atoms with Crippen LogP contribution in [0.2, 0.25) is 0 Å². The van der Waals surface area contributed by atoms with Gasteiger partial charge >= 0.3 is 0 Å². The van der Waals surface area contributed by atoms with Gasteiger partial charge in [-0.25, -0.2) is 9.37 Å². The lowest BCUT2D eigenvalue weighted by atomic mass is 10.0. The highest BCUT2D eigenvalue weighted by molar-refractivity contribution is 5.94.